The third kappa shape index (κ3) is 3.81. The van der Waals surface area contributed by atoms with Crippen LogP contribution in [0.25, 0.3) is 0 Å². The van der Waals surface area contributed by atoms with Crippen LogP contribution >= 0.6 is 0 Å². The molecule has 0 bridgehead atoms. The second kappa shape index (κ2) is 4.55. The molecule has 0 spiro atoms. The lowest BCUT2D eigenvalue weighted by atomic mass is 10.1. The summed E-state index contributed by atoms with van der Waals surface area (Å²) in [6.45, 7) is 1.78. The number of carbonyl (C=O) groups excluding carboxylic acids is 1. The Labute approximate surface area is 89.2 Å². The molecule has 1 aromatic rings. The van der Waals surface area contributed by atoms with Gasteiger partial charge in [0.1, 0.15) is 0 Å². The molecule has 1 aromatic carbocycles. The number of rotatable bonds is 4. The van der Waals surface area contributed by atoms with E-state index in [0.717, 1.165) is 0 Å². The van der Waals surface area contributed by atoms with Gasteiger partial charge in [-0.25, -0.2) is 13.6 Å². The van der Waals surface area contributed by atoms with E-state index >= 15 is 0 Å². The van der Waals surface area contributed by atoms with Crippen LogP contribution in [0.15, 0.2) is 24.3 Å². The molecule has 2 N–H and O–H groups in total. The molecule has 0 heterocycles. The Morgan fingerprint density at radius 3 is 2.20 bits per heavy atom. The van der Waals surface area contributed by atoms with Gasteiger partial charge in [-0.3, -0.25) is 4.79 Å². The van der Waals surface area contributed by atoms with Gasteiger partial charge in [0.25, 0.3) is 0 Å². The summed E-state index contributed by atoms with van der Waals surface area (Å²) in [4.78, 5) is 11.3. The molecule has 4 nitrogen and oxygen atoms in total. The summed E-state index contributed by atoms with van der Waals surface area (Å²) in [6, 6.07) is 6.44. The number of benzene rings is 1. The fourth-order valence-electron chi connectivity index (χ4n) is 1.22. The van der Waals surface area contributed by atoms with E-state index in [9.17, 15) is 13.2 Å². The lowest BCUT2D eigenvalue weighted by Crippen LogP contribution is -2.14. The minimum absolute atomic E-state index is 0.0390. The van der Waals surface area contributed by atoms with Gasteiger partial charge >= 0.3 is 0 Å². The Balaban J connectivity index is 2.86. The molecule has 0 fully saturated rings. The van der Waals surface area contributed by atoms with Crippen LogP contribution in [0.5, 0.6) is 0 Å². The SMILES string of the molecule is CCC(=O)c1ccc(CS(N)(=O)=O)cc1. The Kier molecular flexibility index (Phi) is 3.60. The number of hydrogen-bond acceptors (Lipinski definition) is 3. The molecule has 0 aliphatic heterocycles. The van der Waals surface area contributed by atoms with Gasteiger partial charge in [0, 0.05) is 12.0 Å². The third-order valence-corrected chi connectivity index (χ3v) is 2.70. The lowest BCUT2D eigenvalue weighted by molar-refractivity contribution is 0.0988. The monoisotopic (exact) mass is 227 g/mol. The van der Waals surface area contributed by atoms with Crippen molar-refractivity contribution in [1.29, 1.82) is 0 Å². The van der Waals surface area contributed by atoms with Gasteiger partial charge in [-0.05, 0) is 5.56 Å². The van der Waals surface area contributed by atoms with Crippen molar-refractivity contribution >= 4 is 15.8 Å². The molecule has 0 saturated carbocycles. The predicted octanol–water partition coefficient (Wildman–Crippen LogP) is 1.07. The minimum Gasteiger partial charge on any atom is -0.294 e. The summed E-state index contributed by atoms with van der Waals surface area (Å²) in [5.41, 5.74) is 1.18. The smallest absolute Gasteiger partial charge is 0.213 e. The molecule has 0 aromatic heterocycles. The maximum atomic E-state index is 11.3. The van der Waals surface area contributed by atoms with Crippen LogP contribution in [0.1, 0.15) is 29.3 Å². The van der Waals surface area contributed by atoms with Gasteiger partial charge in [0.15, 0.2) is 5.78 Å². The quantitative estimate of drug-likeness (QED) is 0.781. The van der Waals surface area contributed by atoms with Gasteiger partial charge < -0.3 is 0 Å². The molecule has 0 amide bonds. The first-order valence-corrected chi connectivity index (χ1v) is 6.26. The number of carbonyl (C=O) groups is 1. The van der Waals surface area contributed by atoms with Crippen molar-refractivity contribution in [1.82, 2.24) is 0 Å². The number of primary sulfonamides is 1. The fourth-order valence-corrected chi connectivity index (χ4v) is 1.88. The first-order chi connectivity index (χ1) is 6.92. The summed E-state index contributed by atoms with van der Waals surface area (Å²) in [7, 11) is -3.50. The number of nitrogens with two attached hydrogens (primary N) is 1. The van der Waals surface area contributed by atoms with E-state index in [1.807, 2.05) is 0 Å². The van der Waals surface area contributed by atoms with Crippen LogP contribution < -0.4 is 5.14 Å². The second-order valence-electron chi connectivity index (χ2n) is 3.28. The highest BCUT2D eigenvalue weighted by atomic mass is 32.2. The summed E-state index contributed by atoms with van der Waals surface area (Å²) >= 11 is 0. The van der Waals surface area contributed by atoms with Gasteiger partial charge in [-0.15, -0.1) is 0 Å². The Hall–Kier alpha value is -1.20. The van der Waals surface area contributed by atoms with Crippen LogP contribution in [0.2, 0.25) is 0 Å². The molecule has 0 aliphatic carbocycles. The Morgan fingerprint density at radius 2 is 1.80 bits per heavy atom. The first-order valence-electron chi connectivity index (χ1n) is 4.55. The molecular formula is C10H13NO3S. The van der Waals surface area contributed by atoms with Crippen LogP contribution in [-0.2, 0) is 15.8 Å². The third-order valence-electron chi connectivity index (χ3n) is 1.96. The molecule has 0 saturated heterocycles. The molecule has 0 unspecified atom stereocenters. The summed E-state index contributed by atoms with van der Waals surface area (Å²) in [5, 5.41) is 4.90. The maximum absolute atomic E-state index is 11.3. The van der Waals surface area contributed by atoms with E-state index in [2.05, 4.69) is 0 Å². The van der Waals surface area contributed by atoms with Gasteiger partial charge in [-0.2, -0.15) is 0 Å². The largest absolute Gasteiger partial charge is 0.294 e. The van der Waals surface area contributed by atoms with Crippen LogP contribution in [-0.4, -0.2) is 14.2 Å². The molecule has 5 heteroatoms. The lowest BCUT2D eigenvalue weighted by Gasteiger charge is -2.01. The Bertz CT molecular complexity index is 448. The van der Waals surface area contributed by atoms with Crippen molar-refractivity contribution in [2.24, 2.45) is 5.14 Å². The average molecular weight is 227 g/mol. The number of ketones is 1. The standard InChI is InChI=1S/C10H13NO3S/c1-2-10(12)9-5-3-8(4-6-9)7-15(11,13)14/h3-6H,2,7H2,1H3,(H2,11,13,14). The zero-order valence-electron chi connectivity index (χ0n) is 8.43. The van der Waals surface area contributed by atoms with Crippen molar-refractivity contribution in [3.8, 4) is 0 Å². The molecule has 0 atom stereocenters. The van der Waals surface area contributed by atoms with Crippen LogP contribution in [0.3, 0.4) is 0 Å². The number of sulfonamides is 1. The second-order valence-corrected chi connectivity index (χ2v) is 4.90. The van der Waals surface area contributed by atoms with E-state index in [4.69, 9.17) is 5.14 Å². The minimum atomic E-state index is -3.50. The number of hydrogen-bond donors (Lipinski definition) is 1. The van der Waals surface area contributed by atoms with Crippen molar-refractivity contribution in [2.45, 2.75) is 19.1 Å². The van der Waals surface area contributed by atoms with Gasteiger partial charge in [0.05, 0.1) is 5.75 Å². The normalized spacial score (nSPS) is 11.3. The van der Waals surface area contributed by atoms with Crippen LogP contribution in [0, 0.1) is 0 Å². The molecule has 15 heavy (non-hydrogen) atoms. The molecule has 0 aliphatic rings. The van der Waals surface area contributed by atoms with E-state index in [-0.39, 0.29) is 11.5 Å². The summed E-state index contributed by atoms with van der Waals surface area (Å²) < 4.78 is 21.6. The molecular weight excluding hydrogens is 214 g/mol. The van der Waals surface area contributed by atoms with Gasteiger partial charge in [0.2, 0.25) is 10.0 Å². The first kappa shape index (κ1) is 11.9. The van der Waals surface area contributed by atoms with E-state index in [1.165, 1.54) is 0 Å². The highest BCUT2D eigenvalue weighted by Gasteiger charge is 2.06. The van der Waals surface area contributed by atoms with E-state index in [0.29, 0.717) is 17.5 Å². The van der Waals surface area contributed by atoms with Crippen molar-refractivity contribution in [3.63, 3.8) is 0 Å². The van der Waals surface area contributed by atoms with Gasteiger partial charge in [-0.1, -0.05) is 31.2 Å². The topological polar surface area (TPSA) is 77.2 Å². The molecule has 82 valence electrons. The molecule has 0 radical (unpaired) electrons. The molecule has 1 rings (SSSR count). The Morgan fingerprint density at radius 1 is 1.27 bits per heavy atom. The van der Waals surface area contributed by atoms with E-state index < -0.39 is 10.0 Å². The zero-order chi connectivity index (χ0) is 11.5. The zero-order valence-corrected chi connectivity index (χ0v) is 9.25. The maximum Gasteiger partial charge on any atom is 0.213 e. The summed E-state index contributed by atoms with van der Waals surface area (Å²) in [6.07, 6.45) is 0.439. The van der Waals surface area contributed by atoms with Crippen molar-refractivity contribution in [2.75, 3.05) is 0 Å². The summed E-state index contributed by atoms with van der Waals surface area (Å²) in [5.74, 6) is -0.162. The highest BCUT2D eigenvalue weighted by molar-refractivity contribution is 7.88. The fraction of sp³-hybridized carbons (Fsp3) is 0.300. The highest BCUT2D eigenvalue weighted by Crippen LogP contribution is 2.08. The predicted molar refractivity (Wildman–Crippen MR) is 57.9 cm³/mol. The van der Waals surface area contributed by atoms with Crippen molar-refractivity contribution < 1.29 is 13.2 Å². The van der Waals surface area contributed by atoms with Crippen LogP contribution in [0.4, 0.5) is 0 Å². The van der Waals surface area contributed by atoms with Crippen molar-refractivity contribution in [3.05, 3.63) is 35.4 Å². The van der Waals surface area contributed by atoms with E-state index in [1.54, 1.807) is 31.2 Å². The number of Topliss-reactive ketones (excluding diaryl/α,β-unsaturated/α-hetero) is 1. The average Bonchev–Trinajstić information content (AvgIpc) is 2.15.